The zero-order valence-corrected chi connectivity index (χ0v) is 16.7. The Bertz CT molecular complexity index is 964. The highest BCUT2D eigenvalue weighted by Gasteiger charge is 2.59. The molecule has 1 saturated heterocycles. The number of aromatic nitrogens is 1. The molecule has 1 fully saturated rings. The summed E-state index contributed by atoms with van der Waals surface area (Å²) in [6.07, 6.45) is 0.842. The van der Waals surface area contributed by atoms with Crippen molar-refractivity contribution in [1.29, 1.82) is 0 Å². The molecule has 0 amide bonds. The second-order valence-electron chi connectivity index (χ2n) is 6.36. The average molecular weight is 471 g/mol. The zero-order valence-electron chi connectivity index (χ0n) is 16.0. The summed E-state index contributed by atoms with van der Waals surface area (Å²) in [6.45, 7) is -0.159. The molecule has 0 saturated carbocycles. The number of nitrogens with one attached hydrogen (secondary N) is 1. The molecule has 1 N–H and O–H groups in total. The third-order valence-electron chi connectivity index (χ3n) is 4.51. The van der Waals surface area contributed by atoms with E-state index in [4.69, 9.17) is 11.6 Å². The fourth-order valence-electron chi connectivity index (χ4n) is 3.42. The molecule has 16 heteroatoms. The molecular formula is C16H15ClN6O9. The molecule has 3 rings (SSSR count). The first-order valence-electron chi connectivity index (χ1n) is 8.86. The predicted molar refractivity (Wildman–Crippen MR) is 103 cm³/mol. The van der Waals surface area contributed by atoms with Crippen LogP contribution in [0.5, 0.6) is 0 Å². The summed E-state index contributed by atoms with van der Waals surface area (Å²) in [7, 11) is 0. The monoisotopic (exact) mass is 470 g/mol. The van der Waals surface area contributed by atoms with E-state index in [-0.39, 0.29) is 13.1 Å². The fraction of sp³-hybridized carbons (Fsp3) is 0.312. The number of hydrogen-bond donors (Lipinski definition) is 1. The Balaban J connectivity index is 2.22. The van der Waals surface area contributed by atoms with E-state index in [2.05, 4.69) is 24.8 Å². The molecule has 170 valence electrons. The molecule has 1 aliphatic rings. The Labute approximate surface area is 183 Å². The van der Waals surface area contributed by atoms with E-state index in [1.165, 1.54) is 24.5 Å². The van der Waals surface area contributed by atoms with Gasteiger partial charge in [-0.05, 0) is 29.3 Å². The molecular weight excluding hydrogens is 456 g/mol. The Morgan fingerprint density at radius 1 is 1.06 bits per heavy atom. The molecule has 1 aromatic carbocycles. The number of nitrogens with zero attached hydrogens (tertiary/aromatic N) is 5. The van der Waals surface area contributed by atoms with Crippen LogP contribution >= 0.6 is 11.6 Å². The fourth-order valence-corrected chi connectivity index (χ4v) is 3.54. The normalized spacial score (nSPS) is 18.8. The number of halogens is 1. The van der Waals surface area contributed by atoms with Gasteiger partial charge in [-0.2, -0.15) is 0 Å². The molecule has 0 bridgehead atoms. The van der Waals surface area contributed by atoms with Gasteiger partial charge in [-0.25, -0.2) is 4.90 Å². The Morgan fingerprint density at radius 3 is 2.25 bits per heavy atom. The van der Waals surface area contributed by atoms with E-state index >= 15 is 0 Å². The van der Waals surface area contributed by atoms with Crippen molar-refractivity contribution in [3.05, 3.63) is 95.3 Å². The third-order valence-corrected chi connectivity index (χ3v) is 4.77. The maximum atomic E-state index is 11.3. The topological polar surface area (TPSA) is 185 Å². The summed E-state index contributed by atoms with van der Waals surface area (Å²) in [4.78, 5) is 52.5. The van der Waals surface area contributed by atoms with E-state index in [0.29, 0.717) is 16.1 Å². The van der Waals surface area contributed by atoms with E-state index in [0.717, 1.165) is 4.90 Å². The van der Waals surface area contributed by atoms with Gasteiger partial charge in [-0.15, -0.1) is 30.3 Å². The number of piperazine rings is 1. The van der Waals surface area contributed by atoms with Crippen molar-refractivity contribution in [3.8, 4) is 0 Å². The van der Waals surface area contributed by atoms with Crippen LogP contribution in [0.4, 0.5) is 0 Å². The lowest BCUT2D eigenvalue weighted by molar-refractivity contribution is -0.903. The van der Waals surface area contributed by atoms with Crippen molar-refractivity contribution >= 4 is 11.6 Å². The molecule has 0 spiro atoms. The number of pyridine rings is 1. The van der Waals surface area contributed by atoms with Gasteiger partial charge in [0.05, 0.1) is 6.04 Å². The minimum atomic E-state index is -2.99. The number of hydrogen-bond acceptors (Lipinski definition) is 12. The van der Waals surface area contributed by atoms with Gasteiger partial charge in [-0.1, -0.05) is 29.8 Å². The first-order valence-corrected chi connectivity index (χ1v) is 9.24. The molecule has 2 unspecified atom stereocenters. The van der Waals surface area contributed by atoms with Crippen LogP contribution in [0, 0.1) is 30.3 Å². The van der Waals surface area contributed by atoms with Crippen molar-refractivity contribution in [1.82, 2.24) is 15.2 Å². The summed E-state index contributed by atoms with van der Waals surface area (Å²) < 4.78 is 0. The predicted octanol–water partition coefficient (Wildman–Crippen LogP) is 1.33. The summed E-state index contributed by atoms with van der Waals surface area (Å²) >= 11 is 5.96. The minimum absolute atomic E-state index is 0.0211. The van der Waals surface area contributed by atoms with Crippen LogP contribution in [0.3, 0.4) is 0 Å². The molecule has 32 heavy (non-hydrogen) atoms. The maximum absolute atomic E-state index is 11.3. The summed E-state index contributed by atoms with van der Waals surface area (Å²) in [5.74, 6) is -2.99. The van der Waals surface area contributed by atoms with Gasteiger partial charge in [0, 0.05) is 30.5 Å². The molecule has 0 aliphatic carbocycles. The van der Waals surface area contributed by atoms with Gasteiger partial charge in [0.1, 0.15) is 0 Å². The summed E-state index contributed by atoms with van der Waals surface area (Å²) in [6, 6.07) is 8.43. The van der Waals surface area contributed by atoms with Gasteiger partial charge in [-0.3, -0.25) is 24.8 Å². The number of rotatable bonds is 9. The Morgan fingerprint density at radius 2 is 1.72 bits per heavy atom. The highest BCUT2D eigenvalue weighted by atomic mass is 35.5. The smallest absolute Gasteiger partial charge is 0.289 e. The second kappa shape index (κ2) is 9.54. The van der Waals surface area contributed by atoms with Crippen molar-refractivity contribution in [2.45, 2.75) is 18.2 Å². The molecule has 1 aromatic heterocycles. The highest BCUT2D eigenvalue weighted by molar-refractivity contribution is 6.30. The lowest BCUT2D eigenvalue weighted by Crippen LogP contribution is -2.72. The largest absolute Gasteiger partial charge is 0.359 e. The second-order valence-corrected chi connectivity index (χ2v) is 6.79. The van der Waals surface area contributed by atoms with Crippen molar-refractivity contribution in [2.24, 2.45) is 0 Å². The summed E-state index contributed by atoms with van der Waals surface area (Å²) in [5, 5.41) is 32.6. The first kappa shape index (κ1) is 22.9. The Kier molecular flexibility index (Phi) is 6.82. The summed E-state index contributed by atoms with van der Waals surface area (Å²) in [5.41, 5.74) is 0.896. The third kappa shape index (κ3) is 4.90. The molecule has 2 heterocycles. The van der Waals surface area contributed by atoms with Crippen LogP contribution < -0.4 is 5.32 Å². The lowest BCUT2D eigenvalue weighted by Gasteiger charge is -2.49. The number of benzene rings is 1. The molecule has 0 radical (unpaired) electrons. The van der Waals surface area contributed by atoms with Gasteiger partial charge in [0.2, 0.25) is 6.23 Å². The van der Waals surface area contributed by atoms with E-state index in [1.54, 1.807) is 24.3 Å². The van der Waals surface area contributed by atoms with Gasteiger partial charge >= 0.3 is 5.91 Å². The van der Waals surface area contributed by atoms with Crippen LogP contribution in [-0.2, 0) is 14.5 Å². The standard InChI is InChI=1S/C16H15ClN6O9/c17-13-5-3-11(4-6-13)14(12-2-1-7-18-10-12)20-9-8-19-15(30-21(24)25)16(20,31-22(26)27)32-23(28)29/h1-7,10,14-15,19H,8-9H2. The molecule has 15 nitrogen and oxygen atoms in total. The van der Waals surface area contributed by atoms with Crippen LogP contribution in [0.2, 0.25) is 5.02 Å². The molecule has 2 atom stereocenters. The quantitative estimate of drug-likeness (QED) is 0.315. The maximum Gasteiger partial charge on any atom is 0.359 e. The van der Waals surface area contributed by atoms with Crippen LogP contribution in [0.15, 0.2) is 48.8 Å². The lowest BCUT2D eigenvalue weighted by atomic mass is 9.96. The van der Waals surface area contributed by atoms with Crippen molar-refractivity contribution < 1.29 is 29.8 Å². The van der Waals surface area contributed by atoms with Crippen LogP contribution in [0.1, 0.15) is 17.2 Å². The Hall–Kier alpha value is -3.82. The zero-order chi connectivity index (χ0) is 23.3. The average Bonchev–Trinajstić information content (AvgIpc) is 2.72. The van der Waals surface area contributed by atoms with Gasteiger partial charge in [0.25, 0.3) is 15.3 Å². The SMILES string of the molecule is O=[N+]([O-])OC1NCCN(C(c2ccc(Cl)cc2)c2cccnc2)C1(O[N+](=O)[O-])O[N+](=O)[O-]. The molecule has 1 aliphatic heterocycles. The van der Waals surface area contributed by atoms with Gasteiger partial charge < -0.3 is 0 Å². The van der Waals surface area contributed by atoms with Crippen LogP contribution in [-0.4, -0.2) is 50.4 Å². The van der Waals surface area contributed by atoms with Gasteiger partial charge in [0.15, 0.2) is 0 Å². The molecule has 2 aromatic rings. The van der Waals surface area contributed by atoms with E-state index in [9.17, 15) is 30.3 Å². The van der Waals surface area contributed by atoms with E-state index < -0.39 is 33.4 Å². The van der Waals surface area contributed by atoms with Crippen molar-refractivity contribution in [2.75, 3.05) is 13.1 Å². The van der Waals surface area contributed by atoms with Crippen LogP contribution in [0.25, 0.3) is 0 Å². The van der Waals surface area contributed by atoms with Crippen molar-refractivity contribution in [3.63, 3.8) is 0 Å². The first-order chi connectivity index (χ1) is 15.2. The van der Waals surface area contributed by atoms with E-state index in [1.807, 2.05) is 0 Å². The minimum Gasteiger partial charge on any atom is -0.289 e. The highest BCUT2D eigenvalue weighted by Crippen LogP contribution is 2.39.